The molecule has 2 heterocycles. The molecular formula is C19H15N3O2. The van der Waals surface area contributed by atoms with Gasteiger partial charge in [0.2, 0.25) is 0 Å². The molecule has 0 fully saturated rings. The number of pyridine rings is 1. The third-order valence-electron chi connectivity index (χ3n) is 4.16. The van der Waals surface area contributed by atoms with Crippen LogP contribution in [0.3, 0.4) is 0 Å². The van der Waals surface area contributed by atoms with Crippen molar-refractivity contribution < 1.29 is 9.53 Å². The minimum absolute atomic E-state index is 0.0178. The Balaban J connectivity index is 2.00. The van der Waals surface area contributed by atoms with Crippen molar-refractivity contribution in [2.24, 2.45) is 7.05 Å². The van der Waals surface area contributed by atoms with E-state index >= 15 is 0 Å². The SMILES string of the molecule is COc1ccc2c(c1)C(=O)C(c1cccnc1)=C2c1cnn(C)c1. The second-order valence-electron chi connectivity index (χ2n) is 5.64. The van der Waals surface area contributed by atoms with Crippen LogP contribution in [0.1, 0.15) is 27.0 Å². The van der Waals surface area contributed by atoms with Crippen molar-refractivity contribution in [3.8, 4) is 5.75 Å². The number of Topliss-reactive ketones (excluding diaryl/α,β-unsaturated/α-hetero) is 1. The van der Waals surface area contributed by atoms with Crippen LogP contribution in [0.2, 0.25) is 0 Å². The maximum absolute atomic E-state index is 13.1. The first-order chi connectivity index (χ1) is 11.7. The highest BCUT2D eigenvalue weighted by Gasteiger charge is 2.32. The van der Waals surface area contributed by atoms with E-state index in [4.69, 9.17) is 4.74 Å². The summed E-state index contributed by atoms with van der Waals surface area (Å²) in [6, 6.07) is 9.32. The molecule has 1 aromatic carbocycles. The number of carbonyl (C=O) groups excluding carboxylic acids is 1. The minimum atomic E-state index is -0.0178. The van der Waals surface area contributed by atoms with Gasteiger partial charge >= 0.3 is 0 Å². The van der Waals surface area contributed by atoms with Crippen LogP contribution in [0.25, 0.3) is 11.1 Å². The Bertz CT molecular complexity index is 971. The van der Waals surface area contributed by atoms with Crippen molar-refractivity contribution >= 4 is 16.9 Å². The highest BCUT2D eigenvalue weighted by atomic mass is 16.5. The van der Waals surface area contributed by atoms with Crippen molar-refractivity contribution in [3.63, 3.8) is 0 Å². The highest BCUT2D eigenvalue weighted by molar-refractivity contribution is 6.41. The molecule has 118 valence electrons. The number of ether oxygens (including phenoxy) is 1. The largest absolute Gasteiger partial charge is 0.497 e. The maximum atomic E-state index is 13.1. The topological polar surface area (TPSA) is 57.0 Å². The Kier molecular flexibility index (Phi) is 3.27. The van der Waals surface area contributed by atoms with Gasteiger partial charge in [0.25, 0.3) is 0 Å². The van der Waals surface area contributed by atoms with Crippen molar-refractivity contribution in [1.82, 2.24) is 14.8 Å². The predicted molar refractivity (Wildman–Crippen MR) is 90.7 cm³/mol. The third kappa shape index (κ3) is 2.13. The molecule has 0 unspecified atom stereocenters. The molecule has 0 bridgehead atoms. The van der Waals surface area contributed by atoms with Gasteiger partial charge in [-0.15, -0.1) is 0 Å². The van der Waals surface area contributed by atoms with E-state index in [1.54, 1.807) is 36.4 Å². The third-order valence-corrected chi connectivity index (χ3v) is 4.16. The van der Waals surface area contributed by atoms with E-state index in [9.17, 15) is 4.79 Å². The van der Waals surface area contributed by atoms with E-state index in [0.717, 1.165) is 22.3 Å². The summed E-state index contributed by atoms with van der Waals surface area (Å²) in [5.41, 5.74) is 4.79. The lowest BCUT2D eigenvalue weighted by Crippen LogP contribution is -1.99. The molecular weight excluding hydrogens is 302 g/mol. The Labute approximate surface area is 139 Å². The molecule has 24 heavy (non-hydrogen) atoms. The zero-order valence-corrected chi connectivity index (χ0v) is 13.4. The smallest absolute Gasteiger partial charge is 0.195 e. The molecule has 5 nitrogen and oxygen atoms in total. The molecule has 0 radical (unpaired) electrons. The zero-order valence-electron chi connectivity index (χ0n) is 13.4. The molecule has 2 aromatic heterocycles. The quantitative estimate of drug-likeness (QED) is 0.745. The molecule has 1 aliphatic carbocycles. The number of hydrogen-bond donors (Lipinski definition) is 0. The summed E-state index contributed by atoms with van der Waals surface area (Å²) in [5, 5.41) is 4.25. The number of ketones is 1. The number of rotatable bonds is 3. The fourth-order valence-corrected chi connectivity index (χ4v) is 3.08. The molecule has 0 spiro atoms. The summed E-state index contributed by atoms with van der Waals surface area (Å²) in [6.07, 6.45) is 7.10. The second kappa shape index (κ2) is 5.45. The van der Waals surface area contributed by atoms with Crippen LogP contribution in [0, 0.1) is 0 Å². The summed E-state index contributed by atoms with van der Waals surface area (Å²) >= 11 is 0. The van der Waals surface area contributed by atoms with Crippen LogP contribution in [-0.4, -0.2) is 27.7 Å². The number of hydrogen-bond acceptors (Lipinski definition) is 4. The summed E-state index contributed by atoms with van der Waals surface area (Å²) in [5.74, 6) is 0.649. The standard InChI is InChI=1S/C19H15N3O2/c1-22-11-13(10-21-22)17-15-6-5-14(24-2)8-16(15)19(23)18(17)12-4-3-7-20-9-12/h3-11H,1-2H3. The number of carbonyl (C=O) groups is 1. The van der Waals surface area contributed by atoms with Crippen molar-refractivity contribution in [2.75, 3.05) is 7.11 Å². The van der Waals surface area contributed by atoms with E-state index in [1.807, 2.05) is 37.5 Å². The first-order valence-electron chi connectivity index (χ1n) is 7.56. The number of nitrogens with zero attached hydrogens (tertiary/aromatic N) is 3. The van der Waals surface area contributed by atoms with Crippen LogP contribution in [-0.2, 0) is 7.05 Å². The van der Waals surface area contributed by atoms with Gasteiger partial charge in [-0.2, -0.15) is 5.10 Å². The fraction of sp³-hybridized carbons (Fsp3) is 0.105. The van der Waals surface area contributed by atoms with E-state index in [-0.39, 0.29) is 5.78 Å². The maximum Gasteiger partial charge on any atom is 0.195 e. The number of aromatic nitrogens is 3. The molecule has 0 saturated carbocycles. The summed E-state index contributed by atoms with van der Waals surface area (Å²) < 4.78 is 7.01. The molecule has 4 rings (SSSR count). The lowest BCUT2D eigenvalue weighted by molar-refractivity contribution is 0.105. The number of methoxy groups -OCH3 is 1. The van der Waals surface area contributed by atoms with Crippen molar-refractivity contribution in [1.29, 1.82) is 0 Å². The summed E-state index contributed by atoms with van der Waals surface area (Å²) in [7, 11) is 3.46. The number of fused-ring (bicyclic) bond motifs is 1. The van der Waals surface area contributed by atoms with Crippen molar-refractivity contribution in [3.05, 3.63) is 77.4 Å². The summed E-state index contributed by atoms with van der Waals surface area (Å²) in [4.78, 5) is 17.2. The normalized spacial score (nSPS) is 13.3. The van der Waals surface area contributed by atoms with Gasteiger partial charge in [0, 0.05) is 53.5 Å². The molecule has 1 aliphatic rings. The first kappa shape index (κ1) is 14.4. The lowest BCUT2D eigenvalue weighted by atomic mass is 9.97. The van der Waals surface area contributed by atoms with Crippen molar-refractivity contribution in [2.45, 2.75) is 0 Å². The van der Waals surface area contributed by atoms with Gasteiger partial charge in [0.15, 0.2) is 5.78 Å². The fourth-order valence-electron chi connectivity index (χ4n) is 3.08. The van der Waals surface area contributed by atoms with Gasteiger partial charge in [0.05, 0.1) is 13.3 Å². The molecule has 0 saturated heterocycles. The molecule has 3 aromatic rings. The van der Waals surface area contributed by atoms with Gasteiger partial charge in [-0.3, -0.25) is 14.5 Å². The molecule has 0 aliphatic heterocycles. The number of benzene rings is 1. The number of allylic oxidation sites excluding steroid dienone is 1. The predicted octanol–water partition coefficient (Wildman–Crippen LogP) is 2.98. The van der Waals surface area contributed by atoms with E-state index in [0.29, 0.717) is 16.9 Å². The Morgan fingerprint density at radius 3 is 2.58 bits per heavy atom. The average molecular weight is 317 g/mol. The van der Waals surface area contributed by atoms with Gasteiger partial charge in [0.1, 0.15) is 5.75 Å². The monoisotopic (exact) mass is 317 g/mol. The second-order valence-corrected chi connectivity index (χ2v) is 5.64. The van der Waals surface area contributed by atoms with Gasteiger partial charge in [-0.05, 0) is 29.8 Å². The van der Waals surface area contributed by atoms with Crippen LogP contribution < -0.4 is 4.74 Å². The molecule has 0 N–H and O–H groups in total. The summed E-state index contributed by atoms with van der Waals surface area (Å²) in [6.45, 7) is 0. The lowest BCUT2D eigenvalue weighted by Gasteiger charge is -2.06. The molecule has 5 heteroatoms. The van der Waals surface area contributed by atoms with Gasteiger partial charge in [-0.1, -0.05) is 6.07 Å². The van der Waals surface area contributed by atoms with E-state index in [2.05, 4.69) is 10.1 Å². The van der Waals surface area contributed by atoms with Crippen LogP contribution in [0.4, 0.5) is 0 Å². The van der Waals surface area contributed by atoms with E-state index < -0.39 is 0 Å². The Morgan fingerprint density at radius 1 is 1.04 bits per heavy atom. The first-order valence-corrected chi connectivity index (χ1v) is 7.56. The Hall–Kier alpha value is -3.21. The average Bonchev–Trinajstić information content (AvgIpc) is 3.16. The minimum Gasteiger partial charge on any atom is -0.497 e. The Morgan fingerprint density at radius 2 is 1.92 bits per heavy atom. The van der Waals surface area contributed by atoms with Crippen LogP contribution in [0.15, 0.2) is 55.1 Å². The van der Waals surface area contributed by atoms with Gasteiger partial charge < -0.3 is 4.74 Å². The highest BCUT2D eigenvalue weighted by Crippen LogP contribution is 2.42. The van der Waals surface area contributed by atoms with Gasteiger partial charge in [-0.25, -0.2) is 0 Å². The molecule has 0 amide bonds. The van der Waals surface area contributed by atoms with Crippen LogP contribution >= 0.6 is 0 Å². The van der Waals surface area contributed by atoms with E-state index in [1.165, 1.54) is 0 Å². The number of aryl methyl sites for hydroxylation is 1. The molecule has 0 atom stereocenters. The zero-order chi connectivity index (χ0) is 16.7. The van der Waals surface area contributed by atoms with Crippen LogP contribution in [0.5, 0.6) is 5.75 Å².